The molecule has 0 bridgehead atoms. The summed E-state index contributed by atoms with van der Waals surface area (Å²) in [5.74, 6) is -0.249. The Hall–Kier alpha value is -3.12. The van der Waals surface area contributed by atoms with Crippen molar-refractivity contribution in [1.29, 1.82) is 0 Å². The van der Waals surface area contributed by atoms with E-state index in [0.29, 0.717) is 5.13 Å². The highest BCUT2D eigenvalue weighted by Crippen LogP contribution is 2.35. The van der Waals surface area contributed by atoms with Gasteiger partial charge in [-0.2, -0.15) is 0 Å². The number of carbonyl (C=O) groups excluding carboxylic acids is 1. The van der Waals surface area contributed by atoms with Crippen LogP contribution in [0, 0.1) is 6.92 Å². The van der Waals surface area contributed by atoms with Crippen LogP contribution >= 0.6 is 11.3 Å². The van der Waals surface area contributed by atoms with E-state index in [2.05, 4.69) is 15.0 Å². The number of fused-ring (bicyclic) bond motifs is 1. The molecule has 2 heterocycles. The maximum atomic E-state index is 13.2. The van der Waals surface area contributed by atoms with Gasteiger partial charge in [-0.1, -0.05) is 41.7 Å². The second-order valence-electron chi connectivity index (χ2n) is 5.48. The Morgan fingerprint density at radius 2 is 1.84 bits per heavy atom. The molecule has 0 fully saturated rings. The topological polar surface area (TPSA) is 59.0 Å². The van der Waals surface area contributed by atoms with Gasteiger partial charge in [0.1, 0.15) is 5.69 Å². The third-order valence-corrected chi connectivity index (χ3v) is 4.84. The van der Waals surface area contributed by atoms with Gasteiger partial charge in [-0.05, 0) is 30.7 Å². The smallest absolute Gasteiger partial charge is 0.266 e. The zero-order valence-corrected chi connectivity index (χ0v) is 14.3. The van der Waals surface area contributed by atoms with E-state index >= 15 is 0 Å². The Bertz CT molecular complexity index is 1010. The van der Waals surface area contributed by atoms with Crippen LogP contribution in [-0.2, 0) is 0 Å². The first kappa shape index (κ1) is 15.4. The van der Waals surface area contributed by atoms with Crippen molar-refractivity contribution in [2.75, 3.05) is 4.90 Å². The lowest BCUT2D eigenvalue weighted by atomic mass is 10.2. The van der Waals surface area contributed by atoms with E-state index in [-0.39, 0.29) is 11.6 Å². The third kappa shape index (κ3) is 2.88. The minimum Gasteiger partial charge on any atom is -0.266 e. The van der Waals surface area contributed by atoms with E-state index in [4.69, 9.17) is 0 Å². The van der Waals surface area contributed by atoms with E-state index in [9.17, 15) is 4.79 Å². The predicted molar refractivity (Wildman–Crippen MR) is 99.3 cm³/mol. The normalized spacial score (nSPS) is 10.8. The molecule has 6 heteroatoms. The van der Waals surface area contributed by atoms with Crippen LogP contribution in [0.2, 0.25) is 0 Å². The summed E-state index contributed by atoms with van der Waals surface area (Å²) in [6.45, 7) is 1.97. The summed E-state index contributed by atoms with van der Waals surface area (Å²) in [4.78, 5) is 27.6. The van der Waals surface area contributed by atoms with Gasteiger partial charge in [0, 0.05) is 12.4 Å². The quantitative estimate of drug-likeness (QED) is 0.552. The first-order valence-corrected chi connectivity index (χ1v) is 8.57. The molecule has 0 radical (unpaired) electrons. The number of nitrogens with zero attached hydrogens (tertiary/aromatic N) is 4. The summed E-state index contributed by atoms with van der Waals surface area (Å²) in [6, 6.07) is 15.6. The lowest BCUT2D eigenvalue weighted by molar-refractivity contribution is 0.0994. The molecule has 0 unspecified atom stereocenters. The second kappa shape index (κ2) is 6.41. The van der Waals surface area contributed by atoms with Crippen LogP contribution in [0.15, 0.2) is 67.1 Å². The highest BCUT2D eigenvalue weighted by Gasteiger charge is 2.25. The van der Waals surface area contributed by atoms with Crippen LogP contribution in [0.5, 0.6) is 0 Å². The van der Waals surface area contributed by atoms with E-state index in [1.807, 2.05) is 55.5 Å². The van der Waals surface area contributed by atoms with Crippen LogP contribution in [0.4, 0.5) is 10.8 Å². The van der Waals surface area contributed by atoms with Gasteiger partial charge >= 0.3 is 0 Å². The number of aryl methyl sites for hydroxylation is 1. The van der Waals surface area contributed by atoms with Gasteiger partial charge in [0.25, 0.3) is 5.91 Å². The van der Waals surface area contributed by atoms with Gasteiger partial charge < -0.3 is 0 Å². The third-order valence-electron chi connectivity index (χ3n) is 3.82. The van der Waals surface area contributed by atoms with Crippen LogP contribution < -0.4 is 4.90 Å². The summed E-state index contributed by atoms with van der Waals surface area (Å²) >= 11 is 1.48. The number of hydrogen-bond acceptors (Lipinski definition) is 5. The Balaban J connectivity index is 1.89. The highest BCUT2D eigenvalue weighted by atomic mass is 32.1. The molecular formula is C19H14N4OS. The predicted octanol–water partition coefficient (Wildman–Crippen LogP) is 4.37. The number of para-hydroxylation sites is 2. The molecule has 5 nitrogen and oxygen atoms in total. The van der Waals surface area contributed by atoms with E-state index in [1.165, 1.54) is 23.7 Å². The fourth-order valence-corrected chi connectivity index (χ4v) is 3.57. The molecule has 4 rings (SSSR count). The number of hydrogen-bond donors (Lipinski definition) is 0. The molecule has 4 aromatic rings. The number of benzene rings is 2. The standard InChI is InChI=1S/C19H14N4OS/c1-13-6-2-4-8-16(13)23(18(24)15-12-20-10-11-21-15)19-22-14-7-3-5-9-17(14)25-19/h2-12H,1H3. The van der Waals surface area contributed by atoms with Crippen LogP contribution in [0.25, 0.3) is 10.2 Å². The maximum absolute atomic E-state index is 13.2. The first-order chi connectivity index (χ1) is 12.2. The first-order valence-electron chi connectivity index (χ1n) is 7.76. The number of aromatic nitrogens is 3. The number of carbonyl (C=O) groups is 1. The fraction of sp³-hybridized carbons (Fsp3) is 0.0526. The average Bonchev–Trinajstić information content (AvgIpc) is 3.08. The molecule has 0 aliphatic carbocycles. The summed E-state index contributed by atoms with van der Waals surface area (Å²) in [6.07, 6.45) is 4.54. The van der Waals surface area contributed by atoms with Gasteiger partial charge in [-0.15, -0.1) is 0 Å². The largest absolute Gasteiger partial charge is 0.284 e. The monoisotopic (exact) mass is 346 g/mol. The fourth-order valence-electron chi connectivity index (χ4n) is 2.59. The molecule has 122 valence electrons. The Morgan fingerprint density at radius 3 is 2.60 bits per heavy atom. The molecule has 0 saturated heterocycles. The van der Waals surface area contributed by atoms with Crippen molar-refractivity contribution in [2.45, 2.75) is 6.92 Å². The van der Waals surface area contributed by atoms with Gasteiger partial charge in [-0.3, -0.25) is 14.7 Å². The van der Waals surface area contributed by atoms with E-state index < -0.39 is 0 Å². The average molecular weight is 346 g/mol. The van der Waals surface area contributed by atoms with Gasteiger partial charge in [0.2, 0.25) is 0 Å². The van der Waals surface area contributed by atoms with Crippen molar-refractivity contribution in [3.63, 3.8) is 0 Å². The summed E-state index contributed by atoms with van der Waals surface area (Å²) < 4.78 is 1.03. The molecular weight excluding hydrogens is 332 g/mol. The van der Waals surface area contributed by atoms with Crippen molar-refractivity contribution in [3.05, 3.63) is 78.4 Å². The second-order valence-corrected chi connectivity index (χ2v) is 6.49. The Kier molecular flexibility index (Phi) is 3.95. The minimum absolute atomic E-state index is 0.249. The van der Waals surface area contributed by atoms with Crippen LogP contribution in [-0.4, -0.2) is 20.9 Å². The summed E-state index contributed by atoms with van der Waals surface area (Å²) in [5, 5.41) is 0.617. The number of anilines is 2. The van der Waals surface area contributed by atoms with Gasteiger partial charge in [0.15, 0.2) is 5.13 Å². The molecule has 0 aliphatic rings. The number of rotatable bonds is 3. The van der Waals surface area contributed by atoms with Crippen molar-refractivity contribution < 1.29 is 4.79 Å². The SMILES string of the molecule is Cc1ccccc1N(C(=O)c1cnccn1)c1nc2ccccc2s1. The lowest BCUT2D eigenvalue weighted by Crippen LogP contribution is -2.27. The van der Waals surface area contributed by atoms with Crippen molar-refractivity contribution >= 4 is 38.3 Å². The van der Waals surface area contributed by atoms with Crippen molar-refractivity contribution in [1.82, 2.24) is 15.0 Å². The Labute approximate surface area is 148 Å². The van der Waals surface area contributed by atoms with E-state index in [1.54, 1.807) is 11.1 Å². The lowest BCUT2D eigenvalue weighted by Gasteiger charge is -2.21. The zero-order chi connectivity index (χ0) is 17.2. The number of thiazole rings is 1. The molecule has 2 aromatic carbocycles. The number of amides is 1. The maximum Gasteiger partial charge on any atom is 0.284 e. The van der Waals surface area contributed by atoms with E-state index in [0.717, 1.165) is 21.5 Å². The summed E-state index contributed by atoms with van der Waals surface area (Å²) in [5.41, 5.74) is 2.93. The van der Waals surface area contributed by atoms with Crippen LogP contribution in [0.1, 0.15) is 16.1 Å². The zero-order valence-electron chi connectivity index (χ0n) is 13.5. The highest BCUT2D eigenvalue weighted by molar-refractivity contribution is 7.22. The van der Waals surface area contributed by atoms with Crippen molar-refractivity contribution in [2.24, 2.45) is 0 Å². The molecule has 0 atom stereocenters. The molecule has 2 aromatic heterocycles. The van der Waals surface area contributed by atoms with Gasteiger partial charge in [-0.25, -0.2) is 9.97 Å². The van der Waals surface area contributed by atoms with Crippen LogP contribution in [0.3, 0.4) is 0 Å². The van der Waals surface area contributed by atoms with Gasteiger partial charge in [0.05, 0.1) is 22.1 Å². The molecule has 0 N–H and O–H groups in total. The molecule has 0 saturated carbocycles. The molecule has 0 aliphatic heterocycles. The Morgan fingerprint density at radius 1 is 1.04 bits per heavy atom. The molecule has 0 spiro atoms. The summed E-state index contributed by atoms with van der Waals surface area (Å²) in [7, 11) is 0. The minimum atomic E-state index is -0.249. The molecule has 25 heavy (non-hydrogen) atoms. The van der Waals surface area contributed by atoms with Crippen molar-refractivity contribution in [3.8, 4) is 0 Å². The molecule has 1 amide bonds.